The third kappa shape index (κ3) is 2.06. The lowest BCUT2D eigenvalue weighted by atomic mass is 10.1. The molecule has 80 valence electrons. The fourth-order valence-corrected chi connectivity index (χ4v) is 1.54. The molecule has 0 fully saturated rings. The van der Waals surface area contributed by atoms with Crippen LogP contribution in [0.1, 0.15) is 16.7 Å². The Morgan fingerprint density at radius 2 is 2.25 bits per heavy atom. The first-order chi connectivity index (χ1) is 7.81. The quantitative estimate of drug-likeness (QED) is 0.850. The standard InChI is InChI=1S/C13H12N2O/c1-10-12(7-14)3-2-4-13(10)15-8-11-5-6-16-9-11/h2-6,9,15H,8H2,1H3. The van der Waals surface area contributed by atoms with Gasteiger partial charge in [0.2, 0.25) is 0 Å². The largest absolute Gasteiger partial charge is 0.472 e. The Morgan fingerprint density at radius 1 is 1.38 bits per heavy atom. The topological polar surface area (TPSA) is 49.0 Å². The molecule has 2 aromatic rings. The van der Waals surface area contributed by atoms with E-state index in [1.165, 1.54) is 0 Å². The summed E-state index contributed by atoms with van der Waals surface area (Å²) < 4.78 is 4.99. The molecule has 0 atom stereocenters. The molecule has 16 heavy (non-hydrogen) atoms. The minimum atomic E-state index is 0.701. The number of furan rings is 1. The van der Waals surface area contributed by atoms with Gasteiger partial charge < -0.3 is 9.73 Å². The Balaban J connectivity index is 2.13. The minimum absolute atomic E-state index is 0.701. The van der Waals surface area contributed by atoms with Crippen LogP contribution in [-0.4, -0.2) is 0 Å². The van der Waals surface area contributed by atoms with E-state index in [1.54, 1.807) is 12.5 Å². The van der Waals surface area contributed by atoms with Crippen molar-refractivity contribution >= 4 is 5.69 Å². The molecule has 0 unspecified atom stereocenters. The molecular weight excluding hydrogens is 200 g/mol. The van der Waals surface area contributed by atoms with E-state index < -0.39 is 0 Å². The monoisotopic (exact) mass is 212 g/mol. The zero-order valence-corrected chi connectivity index (χ0v) is 9.03. The molecule has 0 spiro atoms. The number of hydrogen-bond donors (Lipinski definition) is 1. The normalized spacial score (nSPS) is 9.75. The molecular formula is C13H12N2O. The number of hydrogen-bond acceptors (Lipinski definition) is 3. The van der Waals surface area contributed by atoms with Crippen LogP contribution in [0.25, 0.3) is 0 Å². The maximum absolute atomic E-state index is 8.90. The van der Waals surface area contributed by atoms with Gasteiger partial charge in [-0.1, -0.05) is 6.07 Å². The van der Waals surface area contributed by atoms with Crippen molar-refractivity contribution in [2.45, 2.75) is 13.5 Å². The molecule has 0 saturated carbocycles. The second-order valence-electron chi connectivity index (χ2n) is 3.58. The van der Waals surface area contributed by atoms with Crippen molar-refractivity contribution in [2.75, 3.05) is 5.32 Å². The predicted molar refractivity (Wildman–Crippen MR) is 61.9 cm³/mol. The van der Waals surface area contributed by atoms with E-state index in [0.717, 1.165) is 16.8 Å². The molecule has 0 aliphatic carbocycles. The highest BCUT2D eigenvalue weighted by Crippen LogP contribution is 2.18. The molecule has 1 N–H and O–H groups in total. The second-order valence-corrected chi connectivity index (χ2v) is 3.58. The highest BCUT2D eigenvalue weighted by atomic mass is 16.3. The van der Waals surface area contributed by atoms with Crippen molar-refractivity contribution in [1.29, 1.82) is 5.26 Å². The van der Waals surface area contributed by atoms with Gasteiger partial charge in [-0.15, -0.1) is 0 Å². The molecule has 0 aliphatic heterocycles. The van der Waals surface area contributed by atoms with Gasteiger partial charge in [-0.05, 0) is 30.7 Å². The van der Waals surface area contributed by atoms with E-state index in [-0.39, 0.29) is 0 Å². The number of anilines is 1. The van der Waals surface area contributed by atoms with Crippen LogP contribution in [0.3, 0.4) is 0 Å². The average Bonchev–Trinajstić information content (AvgIpc) is 2.81. The lowest BCUT2D eigenvalue weighted by Crippen LogP contribution is -2.00. The highest BCUT2D eigenvalue weighted by molar-refractivity contribution is 5.57. The summed E-state index contributed by atoms with van der Waals surface area (Å²) in [5, 5.41) is 12.2. The Hall–Kier alpha value is -2.21. The second kappa shape index (κ2) is 4.54. The number of benzene rings is 1. The van der Waals surface area contributed by atoms with E-state index in [2.05, 4.69) is 11.4 Å². The van der Waals surface area contributed by atoms with Gasteiger partial charge in [-0.2, -0.15) is 5.26 Å². The minimum Gasteiger partial charge on any atom is -0.472 e. The summed E-state index contributed by atoms with van der Waals surface area (Å²) >= 11 is 0. The van der Waals surface area contributed by atoms with Crippen molar-refractivity contribution in [3.05, 3.63) is 53.5 Å². The van der Waals surface area contributed by atoms with Gasteiger partial charge in [0.05, 0.1) is 24.2 Å². The van der Waals surface area contributed by atoms with Crippen LogP contribution in [0.15, 0.2) is 41.2 Å². The number of nitriles is 1. The van der Waals surface area contributed by atoms with E-state index in [4.69, 9.17) is 9.68 Å². The van der Waals surface area contributed by atoms with Gasteiger partial charge in [0.25, 0.3) is 0 Å². The van der Waals surface area contributed by atoms with E-state index >= 15 is 0 Å². The van der Waals surface area contributed by atoms with Gasteiger partial charge >= 0.3 is 0 Å². The number of nitrogens with zero attached hydrogens (tertiary/aromatic N) is 1. The van der Waals surface area contributed by atoms with Gasteiger partial charge in [0.1, 0.15) is 0 Å². The summed E-state index contributed by atoms with van der Waals surface area (Å²) in [5.74, 6) is 0. The first kappa shape index (κ1) is 10.3. The van der Waals surface area contributed by atoms with Crippen LogP contribution >= 0.6 is 0 Å². The number of rotatable bonds is 3. The van der Waals surface area contributed by atoms with Crippen LogP contribution in [-0.2, 0) is 6.54 Å². The Bertz CT molecular complexity index is 509. The molecule has 2 rings (SSSR count). The van der Waals surface area contributed by atoms with Crippen LogP contribution in [0.4, 0.5) is 5.69 Å². The number of nitrogens with one attached hydrogen (secondary N) is 1. The highest BCUT2D eigenvalue weighted by Gasteiger charge is 2.02. The molecule has 1 aromatic carbocycles. The summed E-state index contributed by atoms with van der Waals surface area (Å²) in [6.07, 6.45) is 3.35. The summed E-state index contributed by atoms with van der Waals surface area (Å²) in [7, 11) is 0. The summed E-state index contributed by atoms with van der Waals surface area (Å²) in [5.41, 5.74) is 3.76. The first-order valence-electron chi connectivity index (χ1n) is 5.06. The zero-order chi connectivity index (χ0) is 11.4. The summed E-state index contributed by atoms with van der Waals surface area (Å²) in [4.78, 5) is 0. The Kier molecular flexibility index (Phi) is 2.93. The van der Waals surface area contributed by atoms with Crippen molar-refractivity contribution in [1.82, 2.24) is 0 Å². The van der Waals surface area contributed by atoms with Crippen LogP contribution in [0.2, 0.25) is 0 Å². The Labute approximate surface area is 94.3 Å². The van der Waals surface area contributed by atoms with Crippen LogP contribution in [0.5, 0.6) is 0 Å². The first-order valence-corrected chi connectivity index (χ1v) is 5.06. The van der Waals surface area contributed by atoms with Gasteiger partial charge in [-0.3, -0.25) is 0 Å². The summed E-state index contributed by atoms with van der Waals surface area (Å²) in [6.45, 7) is 2.64. The van der Waals surface area contributed by atoms with E-state index in [9.17, 15) is 0 Å². The van der Waals surface area contributed by atoms with Crippen LogP contribution < -0.4 is 5.32 Å². The third-order valence-electron chi connectivity index (χ3n) is 2.52. The van der Waals surface area contributed by atoms with Crippen molar-refractivity contribution in [2.24, 2.45) is 0 Å². The van der Waals surface area contributed by atoms with E-state index in [1.807, 2.05) is 31.2 Å². The maximum Gasteiger partial charge on any atom is 0.0995 e. The predicted octanol–water partition coefficient (Wildman–Crippen LogP) is 3.07. The molecule has 0 radical (unpaired) electrons. The molecule has 1 aromatic heterocycles. The van der Waals surface area contributed by atoms with Gasteiger partial charge in [0.15, 0.2) is 0 Å². The lowest BCUT2D eigenvalue weighted by molar-refractivity contribution is 0.564. The average molecular weight is 212 g/mol. The zero-order valence-electron chi connectivity index (χ0n) is 9.03. The molecule has 0 aliphatic rings. The van der Waals surface area contributed by atoms with Gasteiger partial charge in [-0.25, -0.2) is 0 Å². The van der Waals surface area contributed by atoms with Crippen molar-refractivity contribution < 1.29 is 4.42 Å². The Morgan fingerprint density at radius 3 is 2.94 bits per heavy atom. The third-order valence-corrected chi connectivity index (χ3v) is 2.52. The van der Waals surface area contributed by atoms with Crippen LogP contribution in [0, 0.1) is 18.3 Å². The molecule has 3 heteroatoms. The molecule has 3 nitrogen and oxygen atoms in total. The smallest absolute Gasteiger partial charge is 0.0995 e. The molecule has 0 saturated heterocycles. The van der Waals surface area contributed by atoms with Gasteiger partial charge in [0, 0.05) is 17.8 Å². The van der Waals surface area contributed by atoms with E-state index in [0.29, 0.717) is 12.1 Å². The fraction of sp³-hybridized carbons (Fsp3) is 0.154. The fourth-order valence-electron chi connectivity index (χ4n) is 1.54. The SMILES string of the molecule is Cc1c(C#N)cccc1NCc1ccoc1. The van der Waals surface area contributed by atoms with Crippen molar-refractivity contribution in [3.63, 3.8) is 0 Å². The molecule has 0 bridgehead atoms. The van der Waals surface area contributed by atoms with Crippen molar-refractivity contribution in [3.8, 4) is 6.07 Å². The summed E-state index contributed by atoms with van der Waals surface area (Å²) in [6, 6.07) is 9.75. The molecule has 0 amide bonds. The molecule has 1 heterocycles. The maximum atomic E-state index is 8.90. The lowest BCUT2D eigenvalue weighted by Gasteiger charge is -2.09.